The zero-order chi connectivity index (χ0) is 11.9. The Balaban J connectivity index is 1.91. The lowest BCUT2D eigenvalue weighted by molar-refractivity contribution is 0.241. The number of hydrogen-bond donors (Lipinski definition) is 0. The van der Waals surface area contributed by atoms with E-state index < -0.39 is 0 Å². The van der Waals surface area contributed by atoms with E-state index in [1.807, 2.05) is 6.07 Å². The van der Waals surface area contributed by atoms with Gasteiger partial charge in [-0.05, 0) is 36.1 Å². The fraction of sp³-hybridized carbons (Fsp3) is 0.176. The molecule has 88 valence electrons. The van der Waals surface area contributed by atoms with E-state index in [1.165, 1.54) is 22.3 Å². The summed E-state index contributed by atoms with van der Waals surface area (Å²) in [6.45, 7) is 0. The number of fused-ring (bicyclic) bond motifs is 4. The van der Waals surface area contributed by atoms with Crippen molar-refractivity contribution in [1.82, 2.24) is 0 Å². The van der Waals surface area contributed by atoms with Gasteiger partial charge in [0.2, 0.25) is 0 Å². The van der Waals surface area contributed by atoms with Gasteiger partial charge >= 0.3 is 0 Å². The molecule has 2 aromatic rings. The van der Waals surface area contributed by atoms with Crippen LogP contribution < -0.4 is 4.74 Å². The van der Waals surface area contributed by atoms with Gasteiger partial charge < -0.3 is 4.74 Å². The maximum absolute atomic E-state index is 6.12. The summed E-state index contributed by atoms with van der Waals surface area (Å²) in [6, 6.07) is 17.0. The number of aryl methyl sites for hydroxylation is 1. The van der Waals surface area contributed by atoms with Crippen LogP contribution in [0.4, 0.5) is 0 Å². The number of rotatable bonds is 0. The van der Waals surface area contributed by atoms with Gasteiger partial charge in [-0.2, -0.15) is 0 Å². The van der Waals surface area contributed by atoms with E-state index in [1.54, 1.807) is 0 Å². The molecule has 1 heterocycles. The second-order valence-electron chi connectivity index (χ2n) is 4.94. The molecule has 0 spiro atoms. The van der Waals surface area contributed by atoms with Crippen molar-refractivity contribution < 1.29 is 4.74 Å². The van der Waals surface area contributed by atoms with Gasteiger partial charge in [0.25, 0.3) is 0 Å². The molecule has 0 radical (unpaired) electrons. The van der Waals surface area contributed by atoms with E-state index in [0.29, 0.717) is 0 Å². The standard InChI is InChI=1S/C17H14O/c1-3-7-14-12(5-1)9-10-17-15(14)11-13-6-2-4-8-16(13)18-17/h1-8,11,17H,9-10H2/t17-/m1/s1. The monoisotopic (exact) mass is 234 g/mol. The summed E-state index contributed by atoms with van der Waals surface area (Å²) in [6.07, 6.45) is 4.72. The molecule has 1 nitrogen and oxygen atoms in total. The van der Waals surface area contributed by atoms with E-state index in [2.05, 4.69) is 48.5 Å². The van der Waals surface area contributed by atoms with Crippen molar-refractivity contribution in [2.24, 2.45) is 0 Å². The second kappa shape index (κ2) is 3.74. The van der Waals surface area contributed by atoms with Gasteiger partial charge in [0, 0.05) is 11.1 Å². The van der Waals surface area contributed by atoms with Gasteiger partial charge in [-0.1, -0.05) is 42.5 Å². The molecule has 0 aromatic heterocycles. The van der Waals surface area contributed by atoms with Crippen LogP contribution in [0.2, 0.25) is 0 Å². The van der Waals surface area contributed by atoms with Crippen molar-refractivity contribution in [3.8, 4) is 5.75 Å². The highest BCUT2D eigenvalue weighted by molar-refractivity contribution is 5.89. The largest absolute Gasteiger partial charge is 0.485 e. The van der Waals surface area contributed by atoms with E-state index in [9.17, 15) is 0 Å². The molecule has 0 saturated heterocycles. The molecule has 1 aliphatic heterocycles. The Bertz CT molecular complexity index is 640. The minimum absolute atomic E-state index is 0.231. The number of ether oxygens (including phenoxy) is 1. The summed E-state index contributed by atoms with van der Waals surface area (Å²) in [5.41, 5.74) is 5.35. The maximum Gasteiger partial charge on any atom is 0.127 e. The molecule has 0 N–H and O–H groups in total. The van der Waals surface area contributed by atoms with Crippen molar-refractivity contribution in [1.29, 1.82) is 0 Å². The lowest BCUT2D eigenvalue weighted by Crippen LogP contribution is -2.26. The summed E-state index contributed by atoms with van der Waals surface area (Å²) in [5, 5.41) is 0. The molecule has 1 heteroatoms. The number of benzene rings is 2. The van der Waals surface area contributed by atoms with Crippen LogP contribution in [0.15, 0.2) is 48.5 Å². The average Bonchev–Trinajstić information content (AvgIpc) is 2.45. The third kappa shape index (κ3) is 1.40. The van der Waals surface area contributed by atoms with Gasteiger partial charge in [0.15, 0.2) is 0 Å². The minimum atomic E-state index is 0.231. The quantitative estimate of drug-likeness (QED) is 0.671. The molecule has 1 aliphatic carbocycles. The van der Waals surface area contributed by atoms with Crippen molar-refractivity contribution in [2.75, 3.05) is 0 Å². The van der Waals surface area contributed by atoms with Crippen molar-refractivity contribution >= 4 is 11.6 Å². The van der Waals surface area contributed by atoms with Crippen molar-refractivity contribution in [2.45, 2.75) is 18.9 Å². The Morgan fingerprint density at radius 3 is 2.78 bits per heavy atom. The van der Waals surface area contributed by atoms with Crippen molar-refractivity contribution in [3.05, 3.63) is 65.2 Å². The van der Waals surface area contributed by atoms with Crippen LogP contribution in [0.5, 0.6) is 5.75 Å². The lowest BCUT2D eigenvalue weighted by Gasteiger charge is -2.32. The second-order valence-corrected chi connectivity index (χ2v) is 4.94. The third-order valence-electron chi connectivity index (χ3n) is 3.85. The molecule has 0 fully saturated rings. The minimum Gasteiger partial charge on any atom is -0.485 e. The fourth-order valence-corrected chi connectivity index (χ4v) is 2.96. The lowest BCUT2D eigenvalue weighted by atomic mass is 9.83. The van der Waals surface area contributed by atoms with E-state index in [0.717, 1.165) is 18.6 Å². The Labute approximate surface area is 107 Å². The number of hydrogen-bond acceptors (Lipinski definition) is 1. The molecular formula is C17H14O. The van der Waals surface area contributed by atoms with Crippen LogP contribution in [0.25, 0.3) is 11.6 Å². The fourth-order valence-electron chi connectivity index (χ4n) is 2.96. The molecular weight excluding hydrogens is 220 g/mol. The molecule has 18 heavy (non-hydrogen) atoms. The van der Waals surface area contributed by atoms with Crippen LogP contribution >= 0.6 is 0 Å². The number of para-hydroxylation sites is 1. The molecule has 2 aliphatic rings. The van der Waals surface area contributed by atoms with Crippen LogP contribution in [0.1, 0.15) is 23.1 Å². The highest BCUT2D eigenvalue weighted by Crippen LogP contribution is 2.40. The first kappa shape index (κ1) is 9.95. The third-order valence-corrected chi connectivity index (χ3v) is 3.85. The zero-order valence-electron chi connectivity index (χ0n) is 10.1. The Morgan fingerprint density at radius 2 is 1.78 bits per heavy atom. The first-order valence-corrected chi connectivity index (χ1v) is 6.47. The summed E-state index contributed by atoms with van der Waals surface area (Å²) >= 11 is 0. The van der Waals surface area contributed by atoms with E-state index >= 15 is 0 Å². The molecule has 0 unspecified atom stereocenters. The van der Waals surface area contributed by atoms with Crippen LogP contribution in [0, 0.1) is 0 Å². The normalized spacial score (nSPS) is 20.0. The predicted molar refractivity (Wildman–Crippen MR) is 73.5 cm³/mol. The molecule has 1 atom stereocenters. The summed E-state index contributed by atoms with van der Waals surface area (Å²) in [7, 11) is 0. The molecule has 4 rings (SSSR count). The highest BCUT2D eigenvalue weighted by Gasteiger charge is 2.28. The van der Waals surface area contributed by atoms with Crippen LogP contribution in [-0.2, 0) is 6.42 Å². The molecule has 0 saturated carbocycles. The summed E-state index contributed by atoms with van der Waals surface area (Å²) in [4.78, 5) is 0. The van der Waals surface area contributed by atoms with Gasteiger partial charge in [-0.3, -0.25) is 0 Å². The highest BCUT2D eigenvalue weighted by atomic mass is 16.5. The van der Waals surface area contributed by atoms with Gasteiger partial charge in [0.05, 0.1) is 0 Å². The van der Waals surface area contributed by atoms with E-state index in [-0.39, 0.29) is 6.10 Å². The smallest absolute Gasteiger partial charge is 0.127 e. The SMILES string of the molecule is C1=C2c3ccccc3CC[C@H]2Oc2ccccc21. The first-order valence-electron chi connectivity index (χ1n) is 6.47. The maximum atomic E-state index is 6.12. The topological polar surface area (TPSA) is 9.23 Å². The summed E-state index contributed by atoms with van der Waals surface area (Å²) in [5.74, 6) is 1.02. The zero-order valence-corrected chi connectivity index (χ0v) is 10.1. The van der Waals surface area contributed by atoms with Gasteiger partial charge in [-0.15, -0.1) is 0 Å². The van der Waals surface area contributed by atoms with Crippen LogP contribution in [0.3, 0.4) is 0 Å². The Morgan fingerprint density at radius 1 is 0.944 bits per heavy atom. The van der Waals surface area contributed by atoms with Gasteiger partial charge in [-0.25, -0.2) is 0 Å². The molecule has 0 amide bonds. The van der Waals surface area contributed by atoms with Gasteiger partial charge in [0.1, 0.15) is 11.9 Å². The molecule has 0 bridgehead atoms. The molecule has 2 aromatic carbocycles. The summed E-state index contributed by atoms with van der Waals surface area (Å²) < 4.78 is 6.12. The van der Waals surface area contributed by atoms with Crippen molar-refractivity contribution in [3.63, 3.8) is 0 Å². The Hall–Kier alpha value is -2.02. The average molecular weight is 234 g/mol. The van der Waals surface area contributed by atoms with Crippen LogP contribution in [-0.4, -0.2) is 6.10 Å². The van der Waals surface area contributed by atoms with E-state index in [4.69, 9.17) is 4.74 Å². The first-order chi connectivity index (χ1) is 8.92. The predicted octanol–water partition coefficient (Wildman–Crippen LogP) is 3.93. The Kier molecular flexibility index (Phi) is 2.07.